The van der Waals surface area contributed by atoms with Gasteiger partial charge in [0.2, 0.25) is 0 Å². The van der Waals surface area contributed by atoms with Gasteiger partial charge in [-0.3, -0.25) is 9.48 Å². The number of carbonyl (C=O) groups excluding carboxylic acids is 1. The summed E-state index contributed by atoms with van der Waals surface area (Å²) < 4.78 is 12.7. The van der Waals surface area contributed by atoms with E-state index in [9.17, 15) is 4.79 Å². The molecule has 0 bridgehead atoms. The van der Waals surface area contributed by atoms with Crippen LogP contribution in [0.2, 0.25) is 15.1 Å². The summed E-state index contributed by atoms with van der Waals surface area (Å²) in [6.07, 6.45) is 0. The SMILES string of the molecule is Cc1onc(C(=O)Nc2cc(C)n(Cc3ccc(Cl)cc3Cl)n2)c1COc1ccc(Cl)cc1. The molecule has 0 saturated carbocycles. The van der Waals surface area contributed by atoms with Crippen molar-refractivity contribution < 1.29 is 14.1 Å². The van der Waals surface area contributed by atoms with E-state index in [-0.39, 0.29) is 12.3 Å². The molecular weight excluding hydrogens is 487 g/mol. The van der Waals surface area contributed by atoms with Gasteiger partial charge in [-0.2, -0.15) is 5.10 Å². The van der Waals surface area contributed by atoms with Crippen molar-refractivity contribution in [1.29, 1.82) is 0 Å². The van der Waals surface area contributed by atoms with Gasteiger partial charge in [0.15, 0.2) is 11.5 Å². The number of aryl methyl sites for hydroxylation is 2. The Bertz CT molecular complexity index is 1300. The third-order valence-electron chi connectivity index (χ3n) is 4.95. The zero-order valence-electron chi connectivity index (χ0n) is 17.7. The van der Waals surface area contributed by atoms with Crippen molar-refractivity contribution in [3.63, 3.8) is 0 Å². The lowest BCUT2D eigenvalue weighted by molar-refractivity contribution is 0.101. The first-order valence-corrected chi connectivity index (χ1v) is 11.1. The number of amides is 1. The maximum atomic E-state index is 12.9. The molecule has 2 heterocycles. The molecule has 0 aliphatic carbocycles. The fraction of sp³-hybridized carbons (Fsp3) is 0.174. The summed E-state index contributed by atoms with van der Waals surface area (Å²) in [4.78, 5) is 12.9. The van der Waals surface area contributed by atoms with Gasteiger partial charge < -0.3 is 14.6 Å². The highest BCUT2D eigenvalue weighted by molar-refractivity contribution is 6.35. The fourth-order valence-electron chi connectivity index (χ4n) is 3.14. The molecule has 1 amide bonds. The van der Waals surface area contributed by atoms with Crippen molar-refractivity contribution in [3.05, 3.63) is 91.9 Å². The van der Waals surface area contributed by atoms with E-state index in [4.69, 9.17) is 44.1 Å². The van der Waals surface area contributed by atoms with E-state index in [1.54, 1.807) is 54.1 Å². The van der Waals surface area contributed by atoms with E-state index < -0.39 is 5.91 Å². The van der Waals surface area contributed by atoms with E-state index in [0.717, 1.165) is 11.3 Å². The minimum atomic E-state index is -0.448. The van der Waals surface area contributed by atoms with Crippen LogP contribution in [0.1, 0.15) is 33.1 Å². The van der Waals surface area contributed by atoms with Crippen molar-refractivity contribution >= 4 is 46.5 Å². The van der Waals surface area contributed by atoms with Gasteiger partial charge in [0.05, 0.1) is 12.1 Å². The van der Waals surface area contributed by atoms with Gasteiger partial charge >= 0.3 is 0 Å². The molecular formula is C23H19Cl3N4O3. The van der Waals surface area contributed by atoms with E-state index in [0.29, 0.717) is 44.5 Å². The molecule has 0 aliphatic rings. The van der Waals surface area contributed by atoms with Crippen LogP contribution >= 0.6 is 34.8 Å². The Hall–Kier alpha value is -3.00. The zero-order chi connectivity index (χ0) is 23.5. The highest BCUT2D eigenvalue weighted by Gasteiger charge is 2.21. The number of ether oxygens (including phenoxy) is 1. The van der Waals surface area contributed by atoms with Gasteiger partial charge in [-0.1, -0.05) is 46.0 Å². The van der Waals surface area contributed by atoms with Crippen molar-refractivity contribution in [1.82, 2.24) is 14.9 Å². The molecule has 0 fully saturated rings. The molecule has 170 valence electrons. The van der Waals surface area contributed by atoms with Gasteiger partial charge in [-0.05, 0) is 55.8 Å². The van der Waals surface area contributed by atoms with Crippen LogP contribution < -0.4 is 10.1 Å². The summed E-state index contributed by atoms with van der Waals surface area (Å²) in [6.45, 7) is 4.15. The lowest BCUT2D eigenvalue weighted by Crippen LogP contribution is -2.16. The summed E-state index contributed by atoms with van der Waals surface area (Å²) >= 11 is 18.1. The predicted octanol–water partition coefficient (Wildman–Crippen LogP) is 6.33. The second-order valence-corrected chi connectivity index (χ2v) is 8.61. The van der Waals surface area contributed by atoms with Crippen LogP contribution in [0.3, 0.4) is 0 Å². The van der Waals surface area contributed by atoms with Crippen LogP contribution in [0.25, 0.3) is 0 Å². The third-order valence-corrected chi connectivity index (χ3v) is 5.79. The number of hydrogen-bond donors (Lipinski definition) is 1. The third kappa shape index (κ3) is 5.50. The van der Waals surface area contributed by atoms with Crippen molar-refractivity contribution in [2.75, 3.05) is 5.32 Å². The van der Waals surface area contributed by atoms with E-state index in [1.165, 1.54) is 0 Å². The van der Waals surface area contributed by atoms with Crippen LogP contribution in [-0.2, 0) is 13.2 Å². The van der Waals surface area contributed by atoms with Gasteiger partial charge in [-0.15, -0.1) is 0 Å². The molecule has 4 aromatic rings. The van der Waals surface area contributed by atoms with Crippen LogP contribution in [-0.4, -0.2) is 20.8 Å². The Labute approximate surface area is 205 Å². The number of rotatable bonds is 7. The monoisotopic (exact) mass is 504 g/mol. The van der Waals surface area contributed by atoms with E-state index in [1.807, 2.05) is 13.0 Å². The normalized spacial score (nSPS) is 10.9. The highest BCUT2D eigenvalue weighted by atomic mass is 35.5. The van der Waals surface area contributed by atoms with Gasteiger partial charge in [0, 0.05) is 26.8 Å². The van der Waals surface area contributed by atoms with Gasteiger partial charge in [0.1, 0.15) is 18.1 Å². The molecule has 0 atom stereocenters. The van der Waals surface area contributed by atoms with Crippen LogP contribution in [0.5, 0.6) is 5.75 Å². The number of anilines is 1. The number of nitrogens with zero attached hydrogens (tertiary/aromatic N) is 3. The number of nitrogens with one attached hydrogen (secondary N) is 1. The number of benzene rings is 2. The van der Waals surface area contributed by atoms with Crippen molar-refractivity contribution in [2.45, 2.75) is 27.0 Å². The van der Waals surface area contributed by atoms with E-state index >= 15 is 0 Å². The molecule has 0 unspecified atom stereocenters. The molecule has 2 aromatic carbocycles. The maximum Gasteiger partial charge on any atom is 0.279 e. The molecule has 0 saturated heterocycles. The second-order valence-electron chi connectivity index (χ2n) is 7.33. The lowest BCUT2D eigenvalue weighted by atomic mass is 10.2. The van der Waals surface area contributed by atoms with Crippen molar-refractivity contribution in [2.24, 2.45) is 0 Å². The summed E-state index contributed by atoms with van der Waals surface area (Å²) in [6, 6.07) is 14.0. The minimum Gasteiger partial charge on any atom is -0.489 e. The first-order chi connectivity index (χ1) is 15.8. The minimum absolute atomic E-state index is 0.113. The van der Waals surface area contributed by atoms with Gasteiger partial charge in [-0.25, -0.2) is 0 Å². The molecule has 7 nitrogen and oxygen atoms in total. The number of hydrogen-bond acceptors (Lipinski definition) is 5. The fourth-order valence-corrected chi connectivity index (χ4v) is 3.74. The summed E-state index contributed by atoms with van der Waals surface area (Å²) in [7, 11) is 0. The van der Waals surface area contributed by atoms with Gasteiger partial charge in [0.25, 0.3) is 5.91 Å². The first kappa shape index (κ1) is 23.2. The molecule has 10 heteroatoms. The molecule has 4 rings (SSSR count). The average molecular weight is 506 g/mol. The summed E-state index contributed by atoms with van der Waals surface area (Å²) in [5.74, 6) is 1.04. The molecule has 33 heavy (non-hydrogen) atoms. The largest absolute Gasteiger partial charge is 0.489 e. The topological polar surface area (TPSA) is 82.2 Å². The highest BCUT2D eigenvalue weighted by Crippen LogP contribution is 2.24. The standard InChI is InChI=1S/C23H19Cl3N4O3/c1-13-9-21(28-30(13)11-15-3-4-17(25)10-20(15)26)27-23(31)22-19(14(2)33-29-22)12-32-18-7-5-16(24)6-8-18/h3-10H,11-12H2,1-2H3,(H,27,28,31). The van der Waals surface area contributed by atoms with Crippen LogP contribution in [0.4, 0.5) is 5.82 Å². The Morgan fingerprint density at radius 3 is 2.52 bits per heavy atom. The maximum absolute atomic E-state index is 12.9. The Morgan fingerprint density at radius 1 is 1.06 bits per heavy atom. The second kappa shape index (κ2) is 9.87. The quantitative estimate of drug-likeness (QED) is 0.317. The Morgan fingerprint density at radius 2 is 1.79 bits per heavy atom. The Kier molecular flexibility index (Phi) is 6.93. The van der Waals surface area contributed by atoms with Crippen molar-refractivity contribution in [3.8, 4) is 5.75 Å². The molecule has 0 spiro atoms. The molecule has 0 aliphatic heterocycles. The first-order valence-electron chi connectivity index (χ1n) is 9.93. The average Bonchev–Trinajstić information content (AvgIpc) is 3.31. The smallest absolute Gasteiger partial charge is 0.279 e. The van der Waals surface area contributed by atoms with Crippen LogP contribution in [0.15, 0.2) is 53.1 Å². The molecule has 1 N–H and O–H groups in total. The van der Waals surface area contributed by atoms with Crippen LogP contribution in [0, 0.1) is 13.8 Å². The Balaban J connectivity index is 1.46. The number of halogens is 3. The molecule has 0 radical (unpaired) electrons. The summed E-state index contributed by atoms with van der Waals surface area (Å²) in [5, 5.41) is 12.9. The number of aromatic nitrogens is 3. The lowest BCUT2D eigenvalue weighted by Gasteiger charge is -2.07. The van der Waals surface area contributed by atoms with E-state index in [2.05, 4.69) is 15.6 Å². The zero-order valence-corrected chi connectivity index (χ0v) is 20.0. The summed E-state index contributed by atoms with van der Waals surface area (Å²) in [5.41, 5.74) is 2.39. The number of carbonyl (C=O) groups is 1. The molecule has 2 aromatic heterocycles. The predicted molar refractivity (Wildman–Crippen MR) is 128 cm³/mol.